The number of hydrogen-bond acceptors (Lipinski definition) is 14. The molecule has 0 aliphatic heterocycles. The van der Waals surface area contributed by atoms with Gasteiger partial charge in [0, 0.05) is 143 Å². The predicted octanol–water partition coefficient (Wildman–Crippen LogP) is 9.97. The standard InChI is InChI=1S/C52H98O14/c1-49(2)51(53)65-47-25-23-45-63-43-21-19-41-61-39-17-15-37-59-35-13-11-33-57-31-9-7-29-55-27-5-6-28-56-30-8-10-32-58-34-12-14-36-60-38-16-18-40-62-42-20-22-44-64-46-24-26-48-66-52(54)50(3)4/h1,3,5-48H2,2,4H3. The van der Waals surface area contributed by atoms with Gasteiger partial charge in [0.15, 0.2) is 0 Å². The van der Waals surface area contributed by atoms with Gasteiger partial charge >= 0.3 is 11.9 Å². The molecule has 0 amide bonds. The highest BCUT2D eigenvalue weighted by Crippen LogP contribution is 2.04. The molecule has 14 nitrogen and oxygen atoms in total. The second-order valence-electron chi connectivity index (χ2n) is 16.7. The Morgan fingerprint density at radius 3 is 0.439 bits per heavy atom. The van der Waals surface area contributed by atoms with Crippen LogP contribution in [0.5, 0.6) is 0 Å². The average molecular weight is 947 g/mol. The summed E-state index contributed by atoms with van der Waals surface area (Å²) in [5, 5.41) is 0. The Balaban J connectivity index is 3.10. The van der Waals surface area contributed by atoms with E-state index in [1.54, 1.807) is 13.8 Å². The molecule has 0 radical (unpaired) electrons. The van der Waals surface area contributed by atoms with E-state index in [0.717, 1.165) is 260 Å². The molecular weight excluding hydrogens is 849 g/mol. The van der Waals surface area contributed by atoms with Crippen LogP contribution >= 0.6 is 0 Å². The van der Waals surface area contributed by atoms with Crippen LogP contribution in [0.4, 0.5) is 0 Å². The summed E-state index contributed by atoms with van der Waals surface area (Å²) < 4.78 is 67.3. The van der Waals surface area contributed by atoms with Crippen molar-refractivity contribution in [2.24, 2.45) is 0 Å². The number of carbonyl (C=O) groups is 2. The van der Waals surface area contributed by atoms with Crippen molar-refractivity contribution in [1.29, 1.82) is 0 Å². The monoisotopic (exact) mass is 947 g/mol. The molecule has 0 heterocycles. The zero-order chi connectivity index (χ0) is 47.9. The van der Waals surface area contributed by atoms with Gasteiger partial charge in [-0.3, -0.25) is 0 Å². The Morgan fingerprint density at radius 2 is 0.333 bits per heavy atom. The molecule has 0 unspecified atom stereocenters. The normalized spacial score (nSPS) is 11.4. The molecule has 14 heteroatoms. The van der Waals surface area contributed by atoms with Gasteiger partial charge < -0.3 is 56.8 Å². The van der Waals surface area contributed by atoms with Crippen LogP contribution in [0, 0.1) is 0 Å². The van der Waals surface area contributed by atoms with Crippen molar-refractivity contribution in [2.75, 3.05) is 145 Å². The van der Waals surface area contributed by atoms with Gasteiger partial charge in [-0.15, -0.1) is 0 Å². The quantitative estimate of drug-likeness (QED) is 0.0324. The van der Waals surface area contributed by atoms with Crippen LogP contribution < -0.4 is 0 Å². The van der Waals surface area contributed by atoms with E-state index in [0.29, 0.717) is 37.6 Å². The number of hydrogen-bond donors (Lipinski definition) is 0. The smallest absolute Gasteiger partial charge is 0.333 e. The minimum atomic E-state index is -0.325. The van der Waals surface area contributed by atoms with E-state index in [1.165, 1.54) is 0 Å². The molecule has 0 aliphatic carbocycles. The van der Waals surface area contributed by atoms with Crippen molar-refractivity contribution in [3.05, 3.63) is 24.3 Å². The summed E-state index contributed by atoms with van der Waals surface area (Å²) in [5.41, 5.74) is 0.868. The third-order valence-corrected chi connectivity index (χ3v) is 9.98. The number of carbonyl (C=O) groups excluding carboxylic acids is 2. The third-order valence-electron chi connectivity index (χ3n) is 9.98. The van der Waals surface area contributed by atoms with Gasteiger partial charge in [0.25, 0.3) is 0 Å². The molecule has 0 aromatic carbocycles. The second kappa shape index (κ2) is 55.6. The Labute approximate surface area is 402 Å². The Bertz CT molecular complexity index is 965. The first kappa shape index (κ1) is 64.0. The van der Waals surface area contributed by atoms with Crippen molar-refractivity contribution < 1.29 is 66.4 Å². The van der Waals surface area contributed by atoms with Crippen molar-refractivity contribution in [3.63, 3.8) is 0 Å². The second-order valence-corrected chi connectivity index (χ2v) is 16.7. The fraction of sp³-hybridized carbons (Fsp3) is 0.885. The summed E-state index contributed by atoms with van der Waals surface area (Å²) in [6, 6.07) is 0. The summed E-state index contributed by atoms with van der Waals surface area (Å²) in [6.07, 6.45) is 21.8. The van der Waals surface area contributed by atoms with Crippen molar-refractivity contribution >= 4 is 11.9 Å². The van der Waals surface area contributed by atoms with E-state index in [4.69, 9.17) is 56.8 Å². The van der Waals surface area contributed by atoms with Crippen LogP contribution in [0.25, 0.3) is 0 Å². The fourth-order valence-electron chi connectivity index (χ4n) is 5.88. The van der Waals surface area contributed by atoms with E-state index in [9.17, 15) is 9.59 Å². The van der Waals surface area contributed by atoms with E-state index in [2.05, 4.69) is 13.2 Å². The predicted molar refractivity (Wildman–Crippen MR) is 261 cm³/mol. The first-order valence-corrected chi connectivity index (χ1v) is 25.9. The van der Waals surface area contributed by atoms with E-state index >= 15 is 0 Å². The topological polar surface area (TPSA) is 145 Å². The van der Waals surface area contributed by atoms with Gasteiger partial charge in [-0.25, -0.2) is 9.59 Å². The highest BCUT2D eigenvalue weighted by molar-refractivity contribution is 5.87. The first-order valence-electron chi connectivity index (χ1n) is 25.9. The van der Waals surface area contributed by atoms with Gasteiger partial charge in [-0.1, -0.05) is 13.2 Å². The summed E-state index contributed by atoms with van der Waals surface area (Å²) in [7, 11) is 0. The molecule has 66 heavy (non-hydrogen) atoms. The van der Waals surface area contributed by atoms with E-state index < -0.39 is 0 Å². The van der Waals surface area contributed by atoms with Crippen LogP contribution in [0.1, 0.15) is 155 Å². The SMILES string of the molecule is C=C(C)C(=O)OCCCCOCCCCOCCCCOCCCCOCCCCOCCCCOCCCCOCCCCOCCCCOCCCCOCCCCOC(=O)C(=C)C. The van der Waals surface area contributed by atoms with Crippen LogP contribution in [-0.4, -0.2) is 157 Å². The van der Waals surface area contributed by atoms with Gasteiger partial charge in [0.2, 0.25) is 0 Å². The molecule has 0 saturated carbocycles. The lowest BCUT2D eigenvalue weighted by Crippen LogP contribution is -2.07. The Kier molecular flexibility index (Phi) is 53.9. The number of ether oxygens (including phenoxy) is 12. The lowest BCUT2D eigenvalue weighted by atomic mass is 10.3. The molecule has 0 aliphatic rings. The average Bonchev–Trinajstić information content (AvgIpc) is 3.31. The third kappa shape index (κ3) is 54.6. The number of esters is 2. The van der Waals surface area contributed by atoms with Gasteiger partial charge in [0.1, 0.15) is 0 Å². The van der Waals surface area contributed by atoms with E-state index in [-0.39, 0.29) is 11.9 Å². The maximum Gasteiger partial charge on any atom is 0.333 e. The highest BCUT2D eigenvalue weighted by atomic mass is 16.5. The lowest BCUT2D eigenvalue weighted by molar-refractivity contribution is -0.140. The molecule has 0 bridgehead atoms. The summed E-state index contributed by atoms with van der Waals surface area (Å²) in [5.74, 6) is -0.649. The maximum atomic E-state index is 11.3. The van der Waals surface area contributed by atoms with Gasteiger partial charge in [-0.05, 0) is 155 Å². The molecule has 0 rings (SSSR count). The summed E-state index contributed by atoms with van der Waals surface area (Å²) in [6.45, 7) is 26.7. The zero-order valence-corrected chi connectivity index (χ0v) is 42.2. The number of unbranched alkanes of at least 4 members (excludes halogenated alkanes) is 11. The highest BCUT2D eigenvalue weighted by Gasteiger charge is 2.04. The van der Waals surface area contributed by atoms with Crippen LogP contribution in [0.15, 0.2) is 24.3 Å². The largest absolute Gasteiger partial charge is 0.462 e. The summed E-state index contributed by atoms with van der Waals surface area (Å²) in [4.78, 5) is 22.6. The lowest BCUT2D eigenvalue weighted by Gasteiger charge is -2.08. The van der Waals surface area contributed by atoms with Crippen LogP contribution in [0.3, 0.4) is 0 Å². The zero-order valence-electron chi connectivity index (χ0n) is 42.2. The molecule has 0 fully saturated rings. The Morgan fingerprint density at radius 1 is 0.227 bits per heavy atom. The first-order chi connectivity index (χ1) is 32.4. The molecule has 0 aromatic rings. The Hall–Kier alpha value is -1.98. The minimum Gasteiger partial charge on any atom is -0.462 e. The minimum absolute atomic E-state index is 0.325. The van der Waals surface area contributed by atoms with Crippen LogP contribution in [0.2, 0.25) is 0 Å². The maximum absolute atomic E-state index is 11.3. The fourth-order valence-corrected chi connectivity index (χ4v) is 5.88. The molecule has 0 atom stereocenters. The summed E-state index contributed by atoms with van der Waals surface area (Å²) >= 11 is 0. The van der Waals surface area contributed by atoms with Gasteiger partial charge in [-0.2, -0.15) is 0 Å². The van der Waals surface area contributed by atoms with Gasteiger partial charge in [0.05, 0.1) is 13.2 Å². The molecule has 0 spiro atoms. The van der Waals surface area contributed by atoms with Crippen molar-refractivity contribution in [2.45, 2.75) is 155 Å². The molecule has 0 saturated heterocycles. The molecule has 390 valence electrons. The molecule has 0 N–H and O–H groups in total. The van der Waals surface area contributed by atoms with Crippen molar-refractivity contribution in [3.8, 4) is 0 Å². The van der Waals surface area contributed by atoms with E-state index in [1.807, 2.05) is 0 Å². The van der Waals surface area contributed by atoms with Crippen LogP contribution in [-0.2, 0) is 66.4 Å². The van der Waals surface area contributed by atoms with Crippen molar-refractivity contribution in [1.82, 2.24) is 0 Å². The molecular formula is C52H98O14. The molecule has 0 aromatic heterocycles. The number of rotatable bonds is 57.